The summed E-state index contributed by atoms with van der Waals surface area (Å²) in [5.41, 5.74) is 15.8. The predicted molar refractivity (Wildman–Crippen MR) is 260 cm³/mol. The topological polar surface area (TPSA) is 51.8 Å². The van der Waals surface area contributed by atoms with Gasteiger partial charge < -0.3 is 4.42 Å². The van der Waals surface area contributed by atoms with Gasteiger partial charge in [-0.2, -0.15) is 0 Å². The zero-order valence-electron chi connectivity index (χ0n) is 34.1. The van der Waals surface area contributed by atoms with Crippen molar-refractivity contribution in [2.45, 2.75) is 0 Å². The fourth-order valence-electron chi connectivity index (χ4n) is 9.02. The first kappa shape index (κ1) is 36.4. The maximum Gasteiger partial charge on any atom is 0.160 e. The van der Waals surface area contributed by atoms with Crippen LogP contribution in [0.3, 0.4) is 0 Å². The van der Waals surface area contributed by atoms with Gasteiger partial charge in [-0.1, -0.05) is 176 Å². The molecule has 0 bridgehead atoms. The second-order valence-electron chi connectivity index (χ2n) is 15.9. The van der Waals surface area contributed by atoms with Crippen molar-refractivity contribution < 1.29 is 4.42 Å². The number of hydrogen-bond acceptors (Lipinski definition) is 4. The maximum absolute atomic E-state index is 6.43. The molecule has 0 saturated heterocycles. The molecule has 0 aliphatic heterocycles. The summed E-state index contributed by atoms with van der Waals surface area (Å²) in [5.74, 6) is 0.659. The molecule has 9 aromatic carbocycles. The highest BCUT2D eigenvalue weighted by atomic mass is 16.3. The van der Waals surface area contributed by atoms with Gasteiger partial charge in [0, 0.05) is 38.4 Å². The molecule has 4 nitrogen and oxygen atoms in total. The number of aromatic nitrogens is 3. The molecule has 0 saturated carbocycles. The molecule has 0 aliphatic carbocycles. The van der Waals surface area contributed by atoms with Crippen molar-refractivity contribution in [1.82, 2.24) is 15.0 Å². The summed E-state index contributed by atoms with van der Waals surface area (Å²) in [6.07, 6.45) is 0. The lowest BCUT2D eigenvalue weighted by Crippen LogP contribution is -1.97. The molecule has 3 heterocycles. The van der Waals surface area contributed by atoms with Crippen LogP contribution in [0.2, 0.25) is 0 Å². The first-order chi connectivity index (χ1) is 31.2. The largest absolute Gasteiger partial charge is 0.456 e. The van der Waals surface area contributed by atoms with Crippen LogP contribution in [-0.2, 0) is 0 Å². The molecule has 0 atom stereocenters. The van der Waals surface area contributed by atoms with Crippen LogP contribution in [-0.4, -0.2) is 15.0 Å². The van der Waals surface area contributed by atoms with Crippen LogP contribution in [0.1, 0.15) is 0 Å². The normalized spacial score (nSPS) is 11.5. The lowest BCUT2D eigenvalue weighted by molar-refractivity contribution is 0.669. The Labute approximate surface area is 364 Å². The number of furan rings is 1. The number of rotatable bonds is 7. The van der Waals surface area contributed by atoms with E-state index < -0.39 is 0 Å². The quantitative estimate of drug-likeness (QED) is 0.151. The van der Waals surface area contributed by atoms with Crippen LogP contribution in [0.15, 0.2) is 229 Å². The van der Waals surface area contributed by atoms with E-state index in [1.807, 2.05) is 36.4 Å². The Morgan fingerprint density at radius 1 is 0.286 bits per heavy atom. The zero-order chi connectivity index (χ0) is 41.7. The smallest absolute Gasteiger partial charge is 0.160 e. The number of nitrogens with zero attached hydrogens (tertiary/aromatic N) is 3. The molecule has 0 N–H and O–H groups in total. The van der Waals surface area contributed by atoms with Crippen molar-refractivity contribution in [3.8, 4) is 78.5 Å². The van der Waals surface area contributed by atoms with E-state index in [0.29, 0.717) is 5.82 Å². The van der Waals surface area contributed by atoms with E-state index in [1.165, 1.54) is 16.3 Å². The second kappa shape index (κ2) is 15.2. The lowest BCUT2D eigenvalue weighted by Gasteiger charge is -2.16. The molecule has 0 spiro atoms. The monoisotopic (exact) mass is 803 g/mol. The summed E-state index contributed by atoms with van der Waals surface area (Å²) >= 11 is 0. The molecule has 4 heteroatoms. The zero-order valence-corrected chi connectivity index (χ0v) is 34.1. The first-order valence-electron chi connectivity index (χ1n) is 21.2. The van der Waals surface area contributed by atoms with Crippen LogP contribution in [0, 0.1) is 0 Å². The molecule has 0 aliphatic rings. The number of para-hydroxylation sites is 1. The minimum atomic E-state index is 0.659. The lowest BCUT2D eigenvalue weighted by atomic mass is 9.91. The molecular formula is C59H37N3O. The summed E-state index contributed by atoms with van der Waals surface area (Å²) in [6.45, 7) is 0. The van der Waals surface area contributed by atoms with Gasteiger partial charge in [-0.05, 0) is 92.7 Å². The van der Waals surface area contributed by atoms with Gasteiger partial charge in [-0.15, -0.1) is 0 Å². The number of benzene rings is 9. The van der Waals surface area contributed by atoms with Gasteiger partial charge >= 0.3 is 0 Å². The third kappa shape index (κ3) is 6.62. The van der Waals surface area contributed by atoms with Crippen molar-refractivity contribution in [3.05, 3.63) is 224 Å². The van der Waals surface area contributed by atoms with E-state index in [4.69, 9.17) is 19.4 Å². The first-order valence-corrected chi connectivity index (χ1v) is 21.2. The van der Waals surface area contributed by atoms with E-state index in [1.54, 1.807) is 0 Å². The molecule has 63 heavy (non-hydrogen) atoms. The average Bonchev–Trinajstić information content (AvgIpc) is 3.76. The van der Waals surface area contributed by atoms with Crippen LogP contribution < -0.4 is 0 Å². The Morgan fingerprint density at radius 3 is 1.59 bits per heavy atom. The van der Waals surface area contributed by atoms with Crippen molar-refractivity contribution in [2.75, 3.05) is 0 Å². The summed E-state index contributed by atoms with van der Waals surface area (Å²) < 4.78 is 6.43. The van der Waals surface area contributed by atoms with Gasteiger partial charge in [0.15, 0.2) is 5.82 Å². The standard InChI is InChI=1S/C59H37N3O/c1-4-15-38(16-5-1)39-27-29-42(30-28-39)53-37-54(62-59(61-53)43-20-8-3-9-21-43)46-34-44(48-24-14-26-56-58(48)49-23-12-13-25-55(49)63-56)33-45(35-46)52-36-50(40-17-6-2-7-18-40)57-47-22-11-10-19-41(47)31-32-51(57)60-52/h1-37H. The van der Waals surface area contributed by atoms with E-state index in [9.17, 15) is 0 Å². The summed E-state index contributed by atoms with van der Waals surface area (Å²) in [7, 11) is 0. The highest BCUT2D eigenvalue weighted by Gasteiger charge is 2.19. The van der Waals surface area contributed by atoms with Crippen molar-refractivity contribution in [2.24, 2.45) is 0 Å². The van der Waals surface area contributed by atoms with Crippen molar-refractivity contribution in [3.63, 3.8) is 0 Å². The van der Waals surface area contributed by atoms with Gasteiger partial charge in [0.05, 0.1) is 22.6 Å². The third-order valence-electron chi connectivity index (χ3n) is 12.1. The highest BCUT2D eigenvalue weighted by Crippen LogP contribution is 2.42. The van der Waals surface area contributed by atoms with Gasteiger partial charge in [0.25, 0.3) is 0 Å². The molecule has 0 fully saturated rings. The van der Waals surface area contributed by atoms with Crippen LogP contribution in [0.4, 0.5) is 0 Å². The molecule has 0 unspecified atom stereocenters. The fourth-order valence-corrected chi connectivity index (χ4v) is 9.02. The van der Waals surface area contributed by atoms with Crippen LogP contribution >= 0.6 is 0 Å². The van der Waals surface area contributed by atoms with E-state index in [2.05, 4.69) is 188 Å². The van der Waals surface area contributed by atoms with E-state index in [-0.39, 0.29) is 0 Å². The maximum atomic E-state index is 6.43. The summed E-state index contributed by atoms with van der Waals surface area (Å²) in [5, 5.41) is 5.66. The van der Waals surface area contributed by atoms with E-state index >= 15 is 0 Å². The molecule has 12 rings (SSSR count). The Hall–Kier alpha value is -8.47. The van der Waals surface area contributed by atoms with Gasteiger partial charge in [-0.3, -0.25) is 0 Å². The Balaban J connectivity index is 1.11. The molecular weight excluding hydrogens is 767 g/mol. The highest BCUT2D eigenvalue weighted by molar-refractivity contribution is 6.15. The summed E-state index contributed by atoms with van der Waals surface area (Å²) in [4.78, 5) is 16.0. The van der Waals surface area contributed by atoms with Crippen molar-refractivity contribution >= 4 is 43.6 Å². The minimum absolute atomic E-state index is 0.659. The molecule has 0 radical (unpaired) electrons. The average molecular weight is 804 g/mol. The van der Waals surface area contributed by atoms with Gasteiger partial charge in [0.1, 0.15) is 11.2 Å². The third-order valence-corrected chi connectivity index (χ3v) is 12.1. The predicted octanol–water partition coefficient (Wildman–Crippen LogP) is 15.7. The minimum Gasteiger partial charge on any atom is -0.456 e. The second-order valence-corrected chi connectivity index (χ2v) is 15.9. The fraction of sp³-hybridized carbons (Fsp3) is 0. The summed E-state index contributed by atoms with van der Waals surface area (Å²) in [6, 6.07) is 78.6. The molecule has 12 aromatic rings. The number of fused-ring (bicyclic) bond motifs is 6. The Kier molecular flexibility index (Phi) is 8.79. The van der Waals surface area contributed by atoms with E-state index in [0.717, 1.165) is 100.0 Å². The molecule has 0 amide bonds. The Morgan fingerprint density at radius 2 is 0.841 bits per heavy atom. The number of pyridine rings is 1. The van der Waals surface area contributed by atoms with Crippen molar-refractivity contribution in [1.29, 1.82) is 0 Å². The number of hydrogen-bond donors (Lipinski definition) is 0. The van der Waals surface area contributed by atoms with Crippen LogP contribution in [0.25, 0.3) is 122 Å². The Bertz CT molecular complexity index is 3650. The van der Waals surface area contributed by atoms with Gasteiger partial charge in [-0.25, -0.2) is 15.0 Å². The molecule has 3 aromatic heterocycles. The van der Waals surface area contributed by atoms with Gasteiger partial charge in [0.2, 0.25) is 0 Å². The molecule has 294 valence electrons. The SMILES string of the molecule is c1ccc(-c2ccc(-c3cc(-c4cc(-c5cc(-c6ccccc6)c6c(ccc7ccccc76)n5)cc(-c5cccc6oc7ccccc7c56)c4)nc(-c4ccccc4)n3)cc2)cc1. The van der Waals surface area contributed by atoms with Crippen LogP contribution in [0.5, 0.6) is 0 Å².